The molecule has 0 aliphatic carbocycles. The Hall–Kier alpha value is -2.86. The quantitative estimate of drug-likeness (QED) is 0.493. The maximum atomic E-state index is 13.0. The minimum absolute atomic E-state index is 0.0455. The predicted molar refractivity (Wildman–Crippen MR) is 108 cm³/mol. The van der Waals surface area contributed by atoms with Crippen LogP contribution in [0.1, 0.15) is 28.6 Å². The number of rotatable bonds is 7. The summed E-state index contributed by atoms with van der Waals surface area (Å²) < 4.78 is 10.9. The van der Waals surface area contributed by atoms with Crippen molar-refractivity contribution in [3.63, 3.8) is 0 Å². The molecular weight excluding hydrogens is 422 g/mol. The highest BCUT2D eigenvalue weighted by Crippen LogP contribution is 2.17. The van der Waals surface area contributed by atoms with Gasteiger partial charge in [-0.05, 0) is 46.1 Å². The molecule has 1 heterocycles. The highest BCUT2D eigenvalue weighted by molar-refractivity contribution is 9.10. The van der Waals surface area contributed by atoms with Crippen LogP contribution >= 0.6 is 15.9 Å². The van der Waals surface area contributed by atoms with E-state index in [1.165, 1.54) is 6.07 Å². The lowest BCUT2D eigenvalue weighted by Crippen LogP contribution is -2.39. The Morgan fingerprint density at radius 1 is 0.929 bits per heavy atom. The molecule has 28 heavy (non-hydrogen) atoms. The minimum Gasteiger partial charge on any atom is -0.447 e. The van der Waals surface area contributed by atoms with Gasteiger partial charge in [0.2, 0.25) is 5.76 Å². The van der Waals surface area contributed by atoms with Crippen molar-refractivity contribution in [3.05, 3.63) is 94.4 Å². The number of furan rings is 1. The van der Waals surface area contributed by atoms with Crippen molar-refractivity contribution in [2.45, 2.75) is 26.1 Å². The Labute approximate surface area is 172 Å². The zero-order chi connectivity index (χ0) is 19.9. The number of halogens is 1. The Kier molecular flexibility index (Phi) is 6.66. The number of carbonyl (C=O) groups is 2. The number of esters is 1. The monoisotopic (exact) mass is 441 g/mol. The maximum absolute atomic E-state index is 13.0. The van der Waals surface area contributed by atoms with E-state index in [0.717, 1.165) is 11.1 Å². The van der Waals surface area contributed by atoms with E-state index in [2.05, 4.69) is 15.9 Å². The zero-order valence-corrected chi connectivity index (χ0v) is 17.0. The Morgan fingerprint density at radius 3 is 1.93 bits per heavy atom. The Balaban J connectivity index is 1.73. The molecule has 0 spiro atoms. The normalized spacial score (nSPS) is 11.6. The van der Waals surface area contributed by atoms with Gasteiger partial charge in [-0.3, -0.25) is 4.79 Å². The fraction of sp³-hybridized carbons (Fsp3) is 0.182. The summed E-state index contributed by atoms with van der Waals surface area (Å²) in [6.07, 6.45) is -0.941. The molecule has 1 aromatic heterocycles. The highest BCUT2D eigenvalue weighted by Gasteiger charge is 2.26. The van der Waals surface area contributed by atoms with Gasteiger partial charge in [-0.25, -0.2) is 4.79 Å². The van der Waals surface area contributed by atoms with Crippen LogP contribution in [0.15, 0.2) is 81.9 Å². The van der Waals surface area contributed by atoms with Crippen LogP contribution < -0.4 is 0 Å². The predicted octanol–water partition coefficient (Wildman–Crippen LogP) is 4.82. The first kappa shape index (κ1) is 19.9. The molecule has 0 saturated heterocycles. The van der Waals surface area contributed by atoms with E-state index >= 15 is 0 Å². The molecule has 3 rings (SSSR count). The first-order chi connectivity index (χ1) is 13.5. The second kappa shape index (κ2) is 9.37. The van der Waals surface area contributed by atoms with Crippen LogP contribution in [0, 0.1) is 0 Å². The topological polar surface area (TPSA) is 59.8 Å². The molecule has 3 aromatic rings. The van der Waals surface area contributed by atoms with Gasteiger partial charge in [0.25, 0.3) is 5.91 Å². The lowest BCUT2D eigenvalue weighted by molar-refractivity contribution is -0.141. The summed E-state index contributed by atoms with van der Waals surface area (Å²) in [5, 5.41) is 0. The van der Waals surface area contributed by atoms with E-state index in [0.29, 0.717) is 17.8 Å². The van der Waals surface area contributed by atoms with Crippen LogP contribution in [-0.2, 0) is 22.6 Å². The van der Waals surface area contributed by atoms with Gasteiger partial charge in [0.05, 0.1) is 0 Å². The van der Waals surface area contributed by atoms with Gasteiger partial charge in [0.15, 0.2) is 10.8 Å². The van der Waals surface area contributed by atoms with Crippen molar-refractivity contribution in [2.75, 3.05) is 0 Å². The number of nitrogens with zero attached hydrogens (tertiary/aromatic N) is 1. The van der Waals surface area contributed by atoms with Crippen LogP contribution in [0.2, 0.25) is 0 Å². The molecular formula is C22H20BrNO4. The number of benzene rings is 2. The molecule has 1 atom stereocenters. The number of carbonyl (C=O) groups excluding carboxylic acids is 2. The largest absolute Gasteiger partial charge is 0.447 e. The SMILES string of the molecule is C[C@H](OC(=O)c1ccc(Br)o1)C(=O)N(Cc1ccccc1)Cc1ccccc1. The Morgan fingerprint density at radius 2 is 1.46 bits per heavy atom. The van der Waals surface area contributed by atoms with Gasteiger partial charge in [0, 0.05) is 13.1 Å². The number of hydrogen-bond acceptors (Lipinski definition) is 4. The van der Waals surface area contributed by atoms with E-state index in [1.807, 2.05) is 60.7 Å². The Bertz CT molecular complexity index is 882. The second-order valence-electron chi connectivity index (χ2n) is 6.32. The zero-order valence-electron chi connectivity index (χ0n) is 15.4. The molecule has 2 aromatic carbocycles. The third-order valence-electron chi connectivity index (χ3n) is 4.15. The smallest absolute Gasteiger partial charge is 0.375 e. The van der Waals surface area contributed by atoms with Gasteiger partial charge >= 0.3 is 5.97 Å². The molecule has 0 aliphatic rings. The molecule has 0 saturated carbocycles. The summed E-state index contributed by atoms with van der Waals surface area (Å²) in [7, 11) is 0. The summed E-state index contributed by atoms with van der Waals surface area (Å²) >= 11 is 3.14. The highest BCUT2D eigenvalue weighted by atomic mass is 79.9. The molecule has 5 nitrogen and oxygen atoms in total. The molecule has 1 amide bonds. The lowest BCUT2D eigenvalue weighted by Gasteiger charge is -2.26. The van der Waals surface area contributed by atoms with Crippen molar-refractivity contribution in [2.24, 2.45) is 0 Å². The molecule has 0 radical (unpaired) electrons. The molecule has 0 bridgehead atoms. The lowest BCUT2D eigenvalue weighted by atomic mass is 10.1. The van der Waals surface area contributed by atoms with Crippen LogP contribution in [0.5, 0.6) is 0 Å². The van der Waals surface area contributed by atoms with E-state index in [4.69, 9.17) is 9.15 Å². The fourth-order valence-corrected chi connectivity index (χ4v) is 3.08. The molecule has 144 valence electrons. The average molecular weight is 442 g/mol. The standard InChI is InChI=1S/C22H20BrNO4/c1-16(27-22(26)19-12-13-20(23)28-19)21(25)24(14-17-8-4-2-5-9-17)15-18-10-6-3-7-11-18/h2-13,16H,14-15H2,1H3/t16-/m0/s1. The van der Waals surface area contributed by atoms with E-state index in [9.17, 15) is 9.59 Å². The van der Waals surface area contributed by atoms with Crippen LogP contribution in [0.4, 0.5) is 0 Å². The minimum atomic E-state index is -0.941. The van der Waals surface area contributed by atoms with Crippen LogP contribution in [0.3, 0.4) is 0 Å². The van der Waals surface area contributed by atoms with E-state index < -0.39 is 12.1 Å². The first-order valence-corrected chi connectivity index (χ1v) is 9.65. The van der Waals surface area contributed by atoms with Crippen molar-refractivity contribution in [1.29, 1.82) is 0 Å². The molecule has 0 fully saturated rings. The summed E-state index contributed by atoms with van der Waals surface area (Å²) in [5.74, 6) is -0.901. The molecule has 0 aliphatic heterocycles. The van der Waals surface area contributed by atoms with Crippen LogP contribution in [-0.4, -0.2) is 22.9 Å². The molecule has 0 N–H and O–H groups in total. The number of ether oxygens (including phenoxy) is 1. The second-order valence-corrected chi connectivity index (χ2v) is 7.10. The van der Waals surface area contributed by atoms with Gasteiger partial charge in [-0.2, -0.15) is 0 Å². The summed E-state index contributed by atoms with van der Waals surface area (Å²) in [6, 6.07) is 22.5. The number of amides is 1. The van der Waals surface area contributed by atoms with Gasteiger partial charge < -0.3 is 14.1 Å². The first-order valence-electron chi connectivity index (χ1n) is 8.86. The van der Waals surface area contributed by atoms with E-state index in [1.54, 1.807) is 17.9 Å². The van der Waals surface area contributed by atoms with Crippen LogP contribution in [0.25, 0.3) is 0 Å². The maximum Gasteiger partial charge on any atom is 0.375 e. The van der Waals surface area contributed by atoms with Crippen molar-refractivity contribution in [3.8, 4) is 0 Å². The van der Waals surface area contributed by atoms with Crippen molar-refractivity contribution < 1.29 is 18.7 Å². The summed E-state index contributed by atoms with van der Waals surface area (Å²) in [4.78, 5) is 26.9. The molecule has 6 heteroatoms. The average Bonchev–Trinajstić information content (AvgIpc) is 3.15. The van der Waals surface area contributed by atoms with Gasteiger partial charge in [0.1, 0.15) is 0 Å². The van der Waals surface area contributed by atoms with Gasteiger partial charge in [-0.1, -0.05) is 60.7 Å². The van der Waals surface area contributed by atoms with Gasteiger partial charge in [-0.15, -0.1) is 0 Å². The fourth-order valence-electron chi connectivity index (χ4n) is 2.77. The summed E-state index contributed by atoms with van der Waals surface area (Å²) in [6.45, 7) is 2.41. The van der Waals surface area contributed by atoms with E-state index in [-0.39, 0.29) is 11.7 Å². The summed E-state index contributed by atoms with van der Waals surface area (Å²) in [5.41, 5.74) is 2.00. The third kappa shape index (κ3) is 5.33. The van der Waals surface area contributed by atoms with Crippen molar-refractivity contribution in [1.82, 2.24) is 4.90 Å². The molecule has 0 unspecified atom stereocenters. The number of hydrogen-bond donors (Lipinski definition) is 0. The third-order valence-corrected chi connectivity index (χ3v) is 4.58. The van der Waals surface area contributed by atoms with Crippen molar-refractivity contribution >= 4 is 27.8 Å².